The Bertz CT molecular complexity index is 978. The van der Waals surface area contributed by atoms with Gasteiger partial charge in [-0.1, -0.05) is 0 Å². The molecule has 0 aliphatic carbocycles. The number of hydrogen-bond acceptors (Lipinski definition) is 6. The average Bonchev–Trinajstić information content (AvgIpc) is 3.17. The molecule has 3 aromatic rings. The van der Waals surface area contributed by atoms with E-state index < -0.39 is 10.8 Å². The summed E-state index contributed by atoms with van der Waals surface area (Å²) in [5.74, 6) is 0.976. The number of rotatable bonds is 6. The summed E-state index contributed by atoms with van der Waals surface area (Å²) in [6.45, 7) is -0.208. The van der Waals surface area contributed by atoms with E-state index in [9.17, 15) is 14.9 Å². The van der Waals surface area contributed by atoms with Crippen molar-refractivity contribution in [1.29, 1.82) is 0 Å². The van der Waals surface area contributed by atoms with Crippen LogP contribution in [0.4, 0.5) is 11.4 Å². The molecule has 27 heavy (non-hydrogen) atoms. The van der Waals surface area contributed by atoms with Crippen LogP contribution in [0.2, 0.25) is 0 Å². The SMILES string of the molecule is COc1ccc(-c2ccc(CO)o2)cc1NC(=O)c1ccc([N+](=O)[O-])cc1. The predicted molar refractivity (Wildman–Crippen MR) is 97.7 cm³/mol. The quantitative estimate of drug-likeness (QED) is 0.507. The lowest BCUT2D eigenvalue weighted by molar-refractivity contribution is -0.384. The number of amides is 1. The largest absolute Gasteiger partial charge is 0.495 e. The maximum atomic E-state index is 12.5. The molecule has 0 aliphatic heterocycles. The van der Waals surface area contributed by atoms with Gasteiger partial charge in [0, 0.05) is 23.3 Å². The standard InChI is InChI=1S/C19H16N2O6/c1-26-18-8-4-13(17-9-7-15(11-22)27-17)10-16(18)20-19(23)12-2-5-14(6-3-12)21(24)25/h2-10,22H,11H2,1H3,(H,20,23). The number of methoxy groups -OCH3 is 1. The first-order valence-electron chi connectivity index (χ1n) is 7.95. The third-order valence-corrected chi connectivity index (χ3v) is 3.89. The Morgan fingerprint density at radius 3 is 2.52 bits per heavy atom. The molecule has 0 atom stereocenters. The summed E-state index contributed by atoms with van der Waals surface area (Å²) >= 11 is 0. The van der Waals surface area contributed by atoms with Gasteiger partial charge < -0.3 is 19.6 Å². The summed E-state index contributed by atoms with van der Waals surface area (Å²) in [5, 5.41) is 22.6. The fourth-order valence-corrected chi connectivity index (χ4v) is 2.51. The smallest absolute Gasteiger partial charge is 0.269 e. The number of furan rings is 1. The fourth-order valence-electron chi connectivity index (χ4n) is 2.51. The van der Waals surface area contributed by atoms with E-state index in [-0.39, 0.29) is 17.9 Å². The van der Waals surface area contributed by atoms with Crippen LogP contribution in [0, 0.1) is 10.1 Å². The predicted octanol–water partition coefficient (Wildman–Crippen LogP) is 3.61. The van der Waals surface area contributed by atoms with Gasteiger partial charge in [-0.15, -0.1) is 0 Å². The number of aliphatic hydroxyl groups is 1. The first-order chi connectivity index (χ1) is 13.0. The van der Waals surface area contributed by atoms with E-state index in [0.29, 0.717) is 28.5 Å². The second-order valence-electron chi connectivity index (χ2n) is 5.60. The molecule has 0 aliphatic rings. The summed E-state index contributed by atoms with van der Waals surface area (Å²) in [6.07, 6.45) is 0. The number of anilines is 1. The zero-order valence-corrected chi connectivity index (χ0v) is 14.3. The van der Waals surface area contributed by atoms with Crippen molar-refractivity contribution in [1.82, 2.24) is 0 Å². The summed E-state index contributed by atoms with van der Waals surface area (Å²) in [5.41, 5.74) is 1.28. The average molecular weight is 368 g/mol. The lowest BCUT2D eigenvalue weighted by Gasteiger charge is -2.11. The highest BCUT2D eigenvalue weighted by Crippen LogP contribution is 2.32. The van der Waals surface area contributed by atoms with Gasteiger partial charge in [0.25, 0.3) is 11.6 Å². The number of carbonyl (C=O) groups excluding carboxylic acids is 1. The van der Waals surface area contributed by atoms with Crippen LogP contribution in [-0.4, -0.2) is 23.0 Å². The van der Waals surface area contributed by atoms with Crippen LogP contribution in [0.25, 0.3) is 11.3 Å². The Morgan fingerprint density at radius 1 is 1.19 bits per heavy atom. The molecule has 3 rings (SSSR count). The Balaban J connectivity index is 1.87. The van der Waals surface area contributed by atoms with E-state index in [1.165, 1.54) is 31.4 Å². The number of nitrogens with zero attached hydrogens (tertiary/aromatic N) is 1. The van der Waals surface area contributed by atoms with Gasteiger partial charge in [-0.25, -0.2) is 0 Å². The lowest BCUT2D eigenvalue weighted by atomic mass is 10.1. The van der Waals surface area contributed by atoms with Crippen molar-refractivity contribution in [2.75, 3.05) is 12.4 Å². The summed E-state index contributed by atoms with van der Waals surface area (Å²) in [6, 6.07) is 13.8. The number of nitro groups is 1. The molecule has 1 heterocycles. The maximum Gasteiger partial charge on any atom is 0.269 e. The van der Waals surface area contributed by atoms with Crippen LogP contribution >= 0.6 is 0 Å². The van der Waals surface area contributed by atoms with E-state index in [1.807, 2.05) is 0 Å². The first kappa shape index (κ1) is 18.2. The van der Waals surface area contributed by atoms with Gasteiger partial charge in [-0.3, -0.25) is 14.9 Å². The summed E-state index contributed by atoms with van der Waals surface area (Å²) in [7, 11) is 1.48. The molecule has 0 unspecified atom stereocenters. The first-order valence-corrected chi connectivity index (χ1v) is 7.95. The normalized spacial score (nSPS) is 10.4. The second kappa shape index (κ2) is 7.71. The Labute approximate surface area is 154 Å². The van der Waals surface area contributed by atoms with Gasteiger partial charge in [-0.05, 0) is 42.5 Å². The van der Waals surface area contributed by atoms with Gasteiger partial charge >= 0.3 is 0 Å². The molecule has 1 amide bonds. The highest BCUT2D eigenvalue weighted by Gasteiger charge is 2.14. The Morgan fingerprint density at radius 2 is 1.93 bits per heavy atom. The molecular formula is C19H16N2O6. The van der Waals surface area contributed by atoms with Crippen molar-refractivity contribution in [3.05, 3.63) is 76.0 Å². The van der Waals surface area contributed by atoms with Gasteiger partial charge in [0.05, 0.1) is 17.7 Å². The lowest BCUT2D eigenvalue weighted by Crippen LogP contribution is -2.12. The third kappa shape index (κ3) is 3.96. The highest BCUT2D eigenvalue weighted by molar-refractivity contribution is 6.05. The van der Waals surface area contributed by atoms with Gasteiger partial charge in [0.15, 0.2) is 0 Å². The summed E-state index contributed by atoms with van der Waals surface area (Å²) in [4.78, 5) is 22.7. The third-order valence-electron chi connectivity index (χ3n) is 3.89. The molecule has 1 aromatic heterocycles. The molecule has 138 valence electrons. The van der Waals surface area contributed by atoms with Crippen LogP contribution < -0.4 is 10.1 Å². The minimum Gasteiger partial charge on any atom is -0.495 e. The molecule has 0 spiro atoms. The van der Waals surface area contributed by atoms with E-state index in [2.05, 4.69) is 5.32 Å². The monoisotopic (exact) mass is 368 g/mol. The topological polar surface area (TPSA) is 115 Å². The number of carbonyl (C=O) groups is 1. The number of aliphatic hydroxyl groups excluding tert-OH is 1. The van der Waals surface area contributed by atoms with Crippen molar-refractivity contribution >= 4 is 17.3 Å². The number of non-ortho nitro benzene ring substituents is 1. The van der Waals surface area contributed by atoms with Gasteiger partial charge in [-0.2, -0.15) is 0 Å². The zero-order valence-electron chi connectivity index (χ0n) is 14.3. The van der Waals surface area contributed by atoms with Crippen LogP contribution in [-0.2, 0) is 6.61 Å². The molecule has 0 saturated heterocycles. The number of ether oxygens (including phenoxy) is 1. The Hall–Kier alpha value is -3.65. The van der Waals surface area contributed by atoms with Crippen molar-refractivity contribution in [3.8, 4) is 17.1 Å². The number of nitro benzene ring substituents is 1. The molecule has 8 heteroatoms. The fraction of sp³-hybridized carbons (Fsp3) is 0.105. The van der Waals surface area contributed by atoms with Crippen molar-refractivity contribution in [3.63, 3.8) is 0 Å². The highest BCUT2D eigenvalue weighted by atomic mass is 16.6. The van der Waals surface area contributed by atoms with E-state index in [4.69, 9.17) is 14.3 Å². The van der Waals surface area contributed by atoms with E-state index in [1.54, 1.807) is 30.3 Å². The minimum absolute atomic E-state index is 0.0939. The molecule has 0 saturated carbocycles. The van der Waals surface area contributed by atoms with Crippen LogP contribution in [0.5, 0.6) is 5.75 Å². The molecule has 0 bridgehead atoms. The maximum absolute atomic E-state index is 12.5. The van der Waals surface area contributed by atoms with Gasteiger partial charge in [0.1, 0.15) is 23.9 Å². The van der Waals surface area contributed by atoms with Crippen molar-refractivity contribution in [2.24, 2.45) is 0 Å². The summed E-state index contributed by atoms with van der Waals surface area (Å²) < 4.78 is 10.8. The van der Waals surface area contributed by atoms with Gasteiger partial charge in [0.2, 0.25) is 0 Å². The van der Waals surface area contributed by atoms with Crippen molar-refractivity contribution in [2.45, 2.75) is 6.61 Å². The molecule has 2 aromatic carbocycles. The van der Waals surface area contributed by atoms with Crippen LogP contribution in [0.3, 0.4) is 0 Å². The van der Waals surface area contributed by atoms with E-state index in [0.717, 1.165) is 0 Å². The van der Waals surface area contributed by atoms with Crippen molar-refractivity contribution < 1.29 is 24.0 Å². The second-order valence-corrected chi connectivity index (χ2v) is 5.60. The number of hydrogen-bond donors (Lipinski definition) is 2. The molecular weight excluding hydrogens is 352 g/mol. The molecule has 0 radical (unpaired) electrons. The molecule has 2 N–H and O–H groups in total. The van der Waals surface area contributed by atoms with E-state index >= 15 is 0 Å². The van der Waals surface area contributed by atoms with Crippen LogP contribution in [0.1, 0.15) is 16.1 Å². The minimum atomic E-state index is -0.530. The number of benzene rings is 2. The van der Waals surface area contributed by atoms with Crippen LogP contribution in [0.15, 0.2) is 59.0 Å². The zero-order chi connectivity index (χ0) is 19.4. The Kier molecular flexibility index (Phi) is 5.18. The number of nitrogens with one attached hydrogen (secondary N) is 1. The molecule has 8 nitrogen and oxygen atoms in total. The molecule has 0 fully saturated rings.